The van der Waals surface area contributed by atoms with Crippen molar-refractivity contribution in [1.29, 1.82) is 0 Å². The topological polar surface area (TPSA) is 314 Å². The van der Waals surface area contributed by atoms with Gasteiger partial charge in [0.2, 0.25) is 0 Å². The molecule has 2 aliphatic rings. The van der Waals surface area contributed by atoms with E-state index in [-0.39, 0.29) is 0 Å². The molecule has 2 rings (SSSR count). The number of aliphatic hydroxyl groups excluding tert-OH is 10. The lowest BCUT2D eigenvalue weighted by Gasteiger charge is -2.45. The lowest BCUT2D eigenvalue weighted by atomic mass is 9.96. The average molecular weight is 534 g/mol. The van der Waals surface area contributed by atoms with Gasteiger partial charge in [0.15, 0.2) is 24.8 Å². The van der Waals surface area contributed by atoms with Gasteiger partial charge in [-0.25, -0.2) is 9.59 Å². The van der Waals surface area contributed by atoms with Crippen LogP contribution in [0.1, 0.15) is 0 Å². The van der Waals surface area contributed by atoms with Gasteiger partial charge in [-0.2, -0.15) is 0 Å². The van der Waals surface area contributed by atoms with E-state index in [4.69, 9.17) is 29.2 Å². The second-order valence-electron chi connectivity index (χ2n) is 8.17. The van der Waals surface area contributed by atoms with Crippen LogP contribution in [0.15, 0.2) is 0 Å². The fourth-order valence-corrected chi connectivity index (χ4v) is 3.59. The zero-order valence-corrected chi connectivity index (χ0v) is 18.3. The molecule has 0 aromatic heterocycles. The van der Waals surface area contributed by atoms with E-state index < -0.39 is 111 Å². The number of carboxylic acid groups (broad SMARTS) is 2. The number of hydrogen-bond donors (Lipinski definition) is 12. The Labute approximate surface area is 201 Å². The van der Waals surface area contributed by atoms with Crippen molar-refractivity contribution in [3.8, 4) is 0 Å². The minimum atomic E-state index is -2.22. The van der Waals surface area contributed by atoms with Gasteiger partial charge < -0.3 is 80.2 Å². The van der Waals surface area contributed by atoms with Gasteiger partial charge in [-0.15, -0.1) is 0 Å². The Morgan fingerprint density at radius 1 is 0.694 bits per heavy atom. The molecule has 0 aromatic carbocycles. The van der Waals surface area contributed by atoms with Gasteiger partial charge >= 0.3 is 11.9 Å². The summed E-state index contributed by atoms with van der Waals surface area (Å²) in [6.45, 7) is -2.09. The lowest BCUT2D eigenvalue weighted by Crippen LogP contribution is -2.66. The second-order valence-corrected chi connectivity index (χ2v) is 8.17. The maximum absolute atomic E-state index is 11.6. The van der Waals surface area contributed by atoms with Gasteiger partial charge in [0.25, 0.3) is 0 Å². The molecule has 12 N–H and O–H groups in total. The van der Waals surface area contributed by atoms with Crippen LogP contribution in [-0.2, 0) is 28.5 Å². The number of ether oxygens (including phenoxy) is 4. The van der Waals surface area contributed by atoms with Crippen molar-refractivity contribution in [2.75, 3.05) is 13.2 Å². The summed E-state index contributed by atoms with van der Waals surface area (Å²) in [6.07, 6.45) is -29.4. The SMILES string of the molecule is O=C(O)[C@H]1O[C@H](O[C@@H](CO)[C@H](O)[C@@H](O)[C@@H](O)CO)[C@H](O)[C@@H](O[C@@H]2O[C@H](C(=O)O)[C@@H](O)[C@H](O)[C@H]2O)[C@H]1O. The van der Waals surface area contributed by atoms with Crippen LogP contribution in [-0.4, -0.2) is 172 Å². The molecule has 36 heavy (non-hydrogen) atoms. The summed E-state index contributed by atoms with van der Waals surface area (Å²) >= 11 is 0. The Balaban J connectivity index is 2.27. The minimum absolute atomic E-state index is 0.996. The van der Waals surface area contributed by atoms with Crippen LogP contribution >= 0.6 is 0 Å². The van der Waals surface area contributed by atoms with Crippen LogP contribution in [0.3, 0.4) is 0 Å². The van der Waals surface area contributed by atoms with Gasteiger partial charge in [-0.05, 0) is 0 Å². The third-order valence-corrected chi connectivity index (χ3v) is 5.69. The number of rotatable bonds is 11. The molecule has 0 unspecified atom stereocenters. The lowest BCUT2D eigenvalue weighted by molar-refractivity contribution is -0.359. The Morgan fingerprint density at radius 2 is 1.22 bits per heavy atom. The van der Waals surface area contributed by atoms with Crippen molar-refractivity contribution in [3.05, 3.63) is 0 Å². The summed E-state index contributed by atoms with van der Waals surface area (Å²) < 4.78 is 20.2. The third kappa shape index (κ3) is 6.44. The van der Waals surface area contributed by atoms with Gasteiger partial charge in [0.05, 0.1) is 13.2 Å². The summed E-state index contributed by atoms with van der Waals surface area (Å²) in [4.78, 5) is 22.8. The standard InChI is InChI=1S/C18H30O18/c19-1-3(21)5(22)6(23)4(2-20)33-18-11(28)12(10(27)14(36-18)16(31)32)34-17-9(26)7(24)8(25)13(35-17)15(29)30/h3-14,17-28H,1-2H2,(H,29,30)(H,31,32)/t3-,4-,5-,6-,7-,8-,9+,10+,11+,12-,13-,14-,17+,18-/m0/s1. The summed E-state index contributed by atoms with van der Waals surface area (Å²) in [7, 11) is 0. The van der Waals surface area contributed by atoms with Crippen molar-refractivity contribution in [1.82, 2.24) is 0 Å². The van der Waals surface area contributed by atoms with Crippen LogP contribution in [0.2, 0.25) is 0 Å². The van der Waals surface area contributed by atoms with Crippen molar-refractivity contribution in [2.45, 2.75) is 85.8 Å². The largest absolute Gasteiger partial charge is 0.479 e. The van der Waals surface area contributed by atoms with E-state index in [0.29, 0.717) is 0 Å². The summed E-state index contributed by atoms with van der Waals surface area (Å²) in [5.74, 6) is -3.60. The van der Waals surface area contributed by atoms with Crippen LogP contribution in [0.5, 0.6) is 0 Å². The van der Waals surface area contributed by atoms with Crippen LogP contribution in [0, 0.1) is 0 Å². The van der Waals surface area contributed by atoms with E-state index >= 15 is 0 Å². The Morgan fingerprint density at radius 3 is 1.72 bits per heavy atom. The van der Waals surface area contributed by atoms with E-state index in [0.717, 1.165) is 0 Å². The first kappa shape index (κ1) is 30.6. The monoisotopic (exact) mass is 534 g/mol. The predicted octanol–water partition coefficient (Wildman–Crippen LogP) is -7.75. The van der Waals surface area contributed by atoms with E-state index in [9.17, 15) is 60.7 Å². The normalized spacial score (nSPS) is 40.7. The van der Waals surface area contributed by atoms with Gasteiger partial charge in [-0.3, -0.25) is 0 Å². The molecule has 0 saturated carbocycles. The quantitative estimate of drug-likeness (QED) is 0.117. The molecule has 0 bridgehead atoms. The highest BCUT2D eigenvalue weighted by atomic mass is 16.7. The van der Waals surface area contributed by atoms with Crippen molar-refractivity contribution in [3.63, 3.8) is 0 Å². The smallest absolute Gasteiger partial charge is 0.335 e. The fraction of sp³-hybridized carbons (Fsp3) is 0.889. The molecule has 0 radical (unpaired) electrons. The molecular formula is C18H30O18. The molecule has 2 saturated heterocycles. The molecular weight excluding hydrogens is 504 g/mol. The molecule has 18 nitrogen and oxygen atoms in total. The fourth-order valence-electron chi connectivity index (χ4n) is 3.59. The van der Waals surface area contributed by atoms with Gasteiger partial charge in [0, 0.05) is 0 Å². The number of aliphatic hydroxyl groups is 10. The Hall–Kier alpha value is -1.62. The van der Waals surface area contributed by atoms with E-state index in [1.165, 1.54) is 0 Å². The van der Waals surface area contributed by atoms with E-state index in [2.05, 4.69) is 0 Å². The first-order valence-electron chi connectivity index (χ1n) is 10.5. The molecule has 0 amide bonds. The van der Waals surface area contributed by atoms with E-state index in [1.807, 2.05) is 0 Å². The highest BCUT2D eigenvalue weighted by Crippen LogP contribution is 2.30. The third-order valence-electron chi connectivity index (χ3n) is 5.69. The molecule has 2 heterocycles. The van der Waals surface area contributed by atoms with Crippen LogP contribution in [0.25, 0.3) is 0 Å². The van der Waals surface area contributed by atoms with E-state index in [1.54, 1.807) is 0 Å². The van der Waals surface area contributed by atoms with Crippen molar-refractivity contribution < 1.29 is 89.8 Å². The first-order chi connectivity index (χ1) is 16.8. The van der Waals surface area contributed by atoms with Crippen molar-refractivity contribution >= 4 is 11.9 Å². The molecule has 2 aliphatic heterocycles. The molecule has 2 fully saturated rings. The summed E-state index contributed by atoms with van der Waals surface area (Å²) in [5, 5.41) is 117. The maximum atomic E-state index is 11.6. The molecule has 0 aliphatic carbocycles. The molecule has 18 heteroatoms. The average Bonchev–Trinajstić information content (AvgIpc) is 2.83. The molecule has 0 spiro atoms. The predicted molar refractivity (Wildman–Crippen MR) is 105 cm³/mol. The number of aliphatic carboxylic acids is 2. The van der Waals surface area contributed by atoms with Gasteiger partial charge in [-0.1, -0.05) is 0 Å². The number of hydrogen-bond acceptors (Lipinski definition) is 16. The zero-order chi connectivity index (χ0) is 27.5. The van der Waals surface area contributed by atoms with Crippen molar-refractivity contribution in [2.24, 2.45) is 0 Å². The van der Waals surface area contributed by atoms with Crippen LogP contribution < -0.4 is 0 Å². The number of carboxylic acids is 2. The molecule has 0 aromatic rings. The molecule has 210 valence electrons. The zero-order valence-electron chi connectivity index (χ0n) is 18.3. The molecule has 14 atom stereocenters. The maximum Gasteiger partial charge on any atom is 0.335 e. The number of carbonyl (C=O) groups is 2. The minimum Gasteiger partial charge on any atom is -0.479 e. The first-order valence-corrected chi connectivity index (χ1v) is 10.5. The summed E-state index contributed by atoms with van der Waals surface area (Å²) in [6, 6.07) is 0. The van der Waals surface area contributed by atoms with Crippen LogP contribution in [0.4, 0.5) is 0 Å². The second kappa shape index (κ2) is 12.8. The highest BCUT2D eigenvalue weighted by Gasteiger charge is 2.54. The highest BCUT2D eigenvalue weighted by molar-refractivity contribution is 5.74. The Kier molecular flexibility index (Phi) is 10.8. The van der Waals surface area contributed by atoms with Gasteiger partial charge in [0.1, 0.15) is 61.0 Å². The summed E-state index contributed by atoms with van der Waals surface area (Å²) in [5.41, 5.74) is 0. The Bertz CT molecular complexity index is 737.